The first-order valence-corrected chi connectivity index (χ1v) is 9.43. The molecule has 0 unspecified atom stereocenters. The molecule has 0 amide bonds. The fourth-order valence-corrected chi connectivity index (χ4v) is 3.26. The molecule has 0 saturated carbocycles. The largest absolute Gasteiger partial charge is 0.452 e. The van der Waals surface area contributed by atoms with Crippen LogP contribution in [0.5, 0.6) is 0 Å². The molecular weight excluding hydrogens is 354 g/mol. The number of rotatable bonds is 3. The summed E-state index contributed by atoms with van der Waals surface area (Å²) in [5.74, 6) is 0. The predicted molar refractivity (Wildman–Crippen MR) is 98.4 cm³/mol. The number of hydrogen-bond donors (Lipinski definition) is 1. The van der Waals surface area contributed by atoms with Gasteiger partial charge in [-0.1, -0.05) is 18.2 Å². The van der Waals surface area contributed by atoms with Gasteiger partial charge in [-0.3, -0.25) is 9.29 Å². The van der Waals surface area contributed by atoms with Crippen molar-refractivity contribution < 1.29 is 17.9 Å². The molecule has 1 heterocycles. The van der Waals surface area contributed by atoms with E-state index in [4.69, 9.17) is 10.00 Å². The minimum absolute atomic E-state index is 0.342. The van der Waals surface area contributed by atoms with Gasteiger partial charge in [0.15, 0.2) is 0 Å². The number of methoxy groups -OCH3 is 1. The Balaban J connectivity index is 2.21. The smallest absolute Gasteiger partial charge is 0.418 e. The number of benzene rings is 2. The molecule has 0 spiro atoms. The number of fused-ring (bicyclic) bond motifs is 1. The SMILES string of the molecule is COC(=O)n1cc(-c2ccc(C#N)cc2)c2ccc(NS(C)(=O)=O)cc21. The molecule has 2 aromatic carbocycles. The molecule has 3 aromatic rings. The first-order chi connectivity index (χ1) is 12.3. The third-order valence-electron chi connectivity index (χ3n) is 3.81. The Morgan fingerprint density at radius 3 is 2.46 bits per heavy atom. The number of ether oxygens (including phenoxy) is 1. The van der Waals surface area contributed by atoms with Gasteiger partial charge >= 0.3 is 6.09 Å². The summed E-state index contributed by atoms with van der Waals surface area (Å²) in [6.45, 7) is 0. The summed E-state index contributed by atoms with van der Waals surface area (Å²) < 4.78 is 31.4. The maximum atomic E-state index is 12.1. The Labute approximate surface area is 150 Å². The number of anilines is 1. The number of nitriles is 1. The lowest BCUT2D eigenvalue weighted by Crippen LogP contribution is -2.11. The summed E-state index contributed by atoms with van der Waals surface area (Å²) in [6.07, 6.45) is 2.09. The van der Waals surface area contributed by atoms with Crippen LogP contribution in [-0.4, -0.2) is 32.4 Å². The summed E-state index contributed by atoms with van der Waals surface area (Å²) in [5, 5.41) is 9.68. The summed E-state index contributed by atoms with van der Waals surface area (Å²) in [5.41, 5.74) is 2.96. The van der Waals surface area contributed by atoms with Crippen molar-refractivity contribution in [3.63, 3.8) is 0 Å². The van der Waals surface area contributed by atoms with E-state index < -0.39 is 16.1 Å². The van der Waals surface area contributed by atoms with E-state index in [0.717, 1.165) is 22.8 Å². The van der Waals surface area contributed by atoms with Crippen LogP contribution in [0, 0.1) is 11.3 Å². The van der Waals surface area contributed by atoms with Crippen molar-refractivity contribution in [3.8, 4) is 17.2 Å². The van der Waals surface area contributed by atoms with Crippen molar-refractivity contribution in [3.05, 3.63) is 54.2 Å². The minimum Gasteiger partial charge on any atom is -0.452 e. The molecule has 0 fully saturated rings. The second kappa shape index (κ2) is 6.54. The number of nitrogens with zero attached hydrogens (tertiary/aromatic N) is 2. The Hall–Kier alpha value is -3.31. The number of nitrogens with one attached hydrogen (secondary N) is 1. The summed E-state index contributed by atoms with van der Waals surface area (Å²) in [4.78, 5) is 12.1. The number of carbonyl (C=O) groups is 1. The van der Waals surface area contributed by atoms with Crippen LogP contribution >= 0.6 is 0 Å². The molecule has 0 aliphatic heterocycles. The summed E-state index contributed by atoms with van der Waals surface area (Å²) in [7, 11) is -2.17. The molecule has 132 valence electrons. The highest BCUT2D eigenvalue weighted by atomic mass is 32.2. The molecule has 26 heavy (non-hydrogen) atoms. The summed E-state index contributed by atoms with van der Waals surface area (Å²) >= 11 is 0. The highest BCUT2D eigenvalue weighted by Gasteiger charge is 2.16. The Morgan fingerprint density at radius 1 is 1.19 bits per heavy atom. The summed E-state index contributed by atoms with van der Waals surface area (Å²) in [6, 6.07) is 13.9. The first kappa shape index (κ1) is 17.5. The van der Waals surface area contributed by atoms with Crippen LogP contribution in [0.3, 0.4) is 0 Å². The van der Waals surface area contributed by atoms with Gasteiger partial charge in [0.1, 0.15) is 0 Å². The lowest BCUT2D eigenvalue weighted by Gasteiger charge is -2.06. The number of sulfonamides is 1. The molecule has 7 nitrogen and oxygen atoms in total. The second-order valence-electron chi connectivity index (χ2n) is 5.68. The molecule has 3 rings (SSSR count). The van der Waals surface area contributed by atoms with Gasteiger partial charge in [0.05, 0.1) is 36.2 Å². The molecule has 0 atom stereocenters. The van der Waals surface area contributed by atoms with Gasteiger partial charge in [0.25, 0.3) is 0 Å². The Bertz CT molecular complexity index is 1140. The zero-order valence-corrected chi connectivity index (χ0v) is 14.9. The lowest BCUT2D eigenvalue weighted by atomic mass is 10.0. The van der Waals surface area contributed by atoms with Crippen molar-refractivity contribution in [2.75, 3.05) is 18.1 Å². The third-order valence-corrected chi connectivity index (χ3v) is 4.41. The third kappa shape index (κ3) is 3.38. The van der Waals surface area contributed by atoms with E-state index in [1.165, 1.54) is 11.7 Å². The zero-order chi connectivity index (χ0) is 18.9. The number of hydrogen-bond acceptors (Lipinski definition) is 5. The molecule has 1 aromatic heterocycles. The van der Waals surface area contributed by atoms with E-state index in [0.29, 0.717) is 16.8 Å². The van der Waals surface area contributed by atoms with Crippen molar-refractivity contribution in [1.82, 2.24) is 4.57 Å². The monoisotopic (exact) mass is 369 g/mol. The molecule has 0 aliphatic carbocycles. The van der Waals surface area contributed by atoms with E-state index in [1.807, 2.05) is 0 Å². The van der Waals surface area contributed by atoms with Gasteiger partial charge in [0, 0.05) is 17.1 Å². The Kier molecular flexibility index (Phi) is 4.40. The molecule has 0 radical (unpaired) electrons. The molecule has 8 heteroatoms. The Morgan fingerprint density at radius 2 is 1.88 bits per heavy atom. The quantitative estimate of drug-likeness (QED) is 0.764. The van der Waals surface area contributed by atoms with E-state index in [9.17, 15) is 13.2 Å². The van der Waals surface area contributed by atoms with Crippen LogP contribution in [0.2, 0.25) is 0 Å². The van der Waals surface area contributed by atoms with Gasteiger partial charge in [-0.2, -0.15) is 5.26 Å². The van der Waals surface area contributed by atoms with E-state index in [-0.39, 0.29) is 0 Å². The zero-order valence-electron chi connectivity index (χ0n) is 14.1. The molecule has 0 aliphatic rings. The highest BCUT2D eigenvalue weighted by Crippen LogP contribution is 2.33. The minimum atomic E-state index is -3.44. The van der Waals surface area contributed by atoms with Crippen molar-refractivity contribution in [1.29, 1.82) is 5.26 Å². The number of carbonyl (C=O) groups excluding carboxylic acids is 1. The van der Waals surface area contributed by atoms with Crippen LogP contribution in [0.4, 0.5) is 10.5 Å². The fraction of sp³-hybridized carbons (Fsp3) is 0.111. The van der Waals surface area contributed by atoms with Crippen LogP contribution < -0.4 is 4.72 Å². The van der Waals surface area contributed by atoms with Gasteiger partial charge in [-0.25, -0.2) is 13.2 Å². The lowest BCUT2D eigenvalue weighted by molar-refractivity contribution is 0.174. The van der Waals surface area contributed by atoms with Gasteiger partial charge in [0.2, 0.25) is 10.0 Å². The van der Waals surface area contributed by atoms with Crippen molar-refractivity contribution in [2.45, 2.75) is 0 Å². The molecule has 1 N–H and O–H groups in total. The molecule has 0 bridgehead atoms. The van der Waals surface area contributed by atoms with Gasteiger partial charge in [-0.05, 0) is 29.8 Å². The molecular formula is C18H15N3O4S. The van der Waals surface area contributed by atoms with Crippen LogP contribution in [-0.2, 0) is 14.8 Å². The first-order valence-electron chi connectivity index (χ1n) is 7.54. The van der Waals surface area contributed by atoms with Crippen molar-refractivity contribution >= 4 is 32.7 Å². The predicted octanol–water partition coefficient (Wildman–Crippen LogP) is 3.17. The van der Waals surface area contributed by atoms with Crippen LogP contribution in [0.1, 0.15) is 5.56 Å². The normalized spacial score (nSPS) is 11.1. The maximum absolute atomic E-state index is 12.1. The fourth-order valence-electron chi connectivity index (χ4n) is 2.71. The number of aromatic nitrogens is 1. The maximum Gasteiger partial charge on any atom is 0.418 e. The van der Waals surface area contributed by atoms with Gasteiger partial charge in [-0.15, -0.1) is 0 Å². The van der Waals surface area contributed by atoms with Gasteiger partial charge < -0.3 is 4.74 Å². The second-order valence-corrected chi connectivity index (χ2v) is 7.43. The van der Waals surface area contributed by atoms with E-state index >= 15 is 0 Å². The highest BCUT2D eigenvalue weighted by molar-refractivity contribution is 7.92. The average Bonchev–Trinajstić information content (AvgIpc) is 2.98. The van der Waals surface area contributed by atoms with Crippen LogP contribution in [0.15, 0.2) is 48.7 Å². The average molecular weight is 369 g/mol. The van der Waals surface area contributed by atoms with Crippen molar-refractivity contribution in [2.24, 2.45) is 0 Å². The van der Waals surface area contributed by atoms with Crippen LogP contribution in [0.25, 0.3) is 22.0 Å². The standard InChI is InChI=1S/C18H15N3O4S/c1-25-18(22)21-11-16(13-5-3-12(10-19)4-6-13)15-8-7-14(9-17(15)21)20-26(2,23)24/h3-9,11,20H,1-2H3. The molecule has 0 saturated heterocycles. The van der Waals surface area contributed by atoms with E-state index in [2.05, 4.69) is 10.8 Å². The van der Waals surface area contributed by atoms with E-state index in [1.54, 1.807) is 48.7 Å². The topological polar surface area (TPSA) is 101 Å².